The molecule has 84 valence electrons. The zero-order valence-corrected chi connectivity index (χ0v) is 8.44. The highest BCUT2D eigenvalue weighted by molar-refractivity contribution is 5.75. The maximum atomic E-state index is 10.9. The van der Waals surface area contributed by atoms with E-state index in [1.807, 2.05) is 0 Å². The molecule has 1 aromatic carbocycles. The third-order valence-corrected chi connectivity index (χ3v) is 2.35. The van der Waals surface area contributed by atoms with E-state index in [0.717, 1.165) is 10.9 Å². The van der Waals surface area contributed by atoms with Gasteiger partial charge in [-0.1, -0.05) is 17.2 Å². The van der Waals surface area contributed by atoms with Gasteiger partial charge in [-0.25, -0.2) is 15.1 Å². The minimum Gasteiger partial charge on any atom is -0.259 e. The molecule has 0 radical (unpaired) electrons. The van der Waals surface area contributed by atoms with Gasteiger partial charge < -0.3 is 0 Å². The molecule has 17 heavy (non-hydrogen) atoms. The molecule has 0 spiro atoms. The first-order valence-electron chi connectivity index (χ1n) is 4.52. The van der Waals surface area contributed by atoms with Gasteiger partial charge in [-0.05, 0) is 12.1 Å². The molecule has 0 saturated carbocycles. The topological polar surface area (TPSA) is 121 Å². The summed E-state index contributed by atoms with van der Waals surface area (Å²) in [6.45, 7) is 0. The number of para-hydroxylation sites is 2. The molecule has 8 nitrogen and oxygen atoms in total. The van der Waals surface area contributed by atoms with Crippen LogP contribution >= 0.6 is 0 Å². The molecular formula is C9H6N6O2. The van der Waals surface area contributed by atoms with Crippen LogP contribution < -0.4 is 0 Å². The van der Waals surface area contributed by atoms with Crippen LogP contribution in [0.5, 0.6) is 0 Å². The average molecular weight is 230 g/mol. The lowest BCUT2D eigenvalue weighted by Crippen LogP contribution is -2.37. The first kappa shape index (κ1) is 10.7. The third kappa shape index (κ3) is 1.33. The summed E-state index contributed by atoms with van der Waals surface area (Å²) >= 11 is 0. The molecule has 0 fully saturated rings. The Morgan fingerprint density at radius 2 is 2.29 bits per heavy atom. The number of nitro groups is 1. The summed E-state index contributed by atoms with van der Waals surface area (Å²) < 4.78 is 0.968. The second-order valence-electron chi connectivity index (χ2n) is 3.22. The Labute approximate surface area is 94.8 Å². The van der Waals surface area contributed by atoms with E-state index in [9.17, 15) is 10.1 Å². The minimum atomic E-state index is -2.49. The molecule has 0 aliphatic rings. The van der Waals surface area contributed by atoms with Crippen LogP contribution in [0.4, 0.5) is 0 Å². The monoisotopic (exact) mass is 230 g/mol. The number of rotatable bonds is 3. The summed E-state index contributed by atoms with van der Waals surface area (Å²) in [7, 11) is 0. The van der Waals surface area contributed by atoms with Crippen molar-refractivity contribution in [1.29, 1.82) is 10.8 Å². The fourth-order valence-corrected chi connectivity index (χ4v) is 1.51. The van der Waals surface area contributed by atoms with Gasteiger partial charge in [0.15, 0.2) is 0 Å². The van der Waals surface area contributed by atoms with Crippen molar-refractivity contribution in [3.8, 4) is 6.07 Å². The van der Waals surface area contributed by atoms with Crippen molar-refractivity contribution in [2.75, 3.05) is 0 Å². The van der Waals surface area contributed by atoms with Gasteiger partial charge in [0, 0.05) is 0 Å². The highest BCUT2D eigenvalue weighted by Gasteiger charge is 2.47. The Balaban J connectivity index is 2.79. The van der Waals surface area contributed by atoms with E-state index in [-0.39, 0.29) is 0 Å². The fraction of sp³-hybridized carbons (Fsp3) is 0.111. The van der Waals surface area contributed by atoms with E-state index < -0.39 is 10.7 Å². The molecule has 0 aliphatic heterocycles. The number of hydrogen-bond acceptors (Lipinski definition) is 6. The van der Waals surface area contributed by atoms with Gasteiger partial charge in [-0.15, -0.1) is 0 Å². The smallest absolute Gasteiger partial charge is 0.259 e. The van der Waals surface area contributed by atoms with E-state index in [2.05, 4.69) is 10.1 Å². The Morgan fingerprint density at radius 1 is 1.59 bits per heavy atom. The second kappa shape index (κ2) is 3.64. The zero-order valence-electron chi connectivity index (χ0n) is 8.44. The van der Waals surface area contributed by atoms with E-state index in [4.69, 9.17) is 10.8 Å². The SMILES string of the molecule is N#CC(N=N)(n1cnc2ccccc21)[N+](=O)[O-]. The zero-order chi connectivity index (χ0) is 12.5. The Bertz CT molecular complexity index is 642. The van der Waals surface area contributed by atoms with Crippen molar-refractivity contribution >= 4 is 11.0 Å². The number of aromatic nitrogens is 2. The summed E-state index contributed by atoms with van der Waals surface area (Å²) in [4.78, 5) is 14.0. The summed E-state index contributed by atoms with van der Waals surface area (Å²) in [5.74, 6) is -2.49. The molecule has 8 heteroatoms. The summed E-state index contributed by atoms with van der Waals surface area (Å²) in [5, 5.41) is 22.7. The predicted molar refractivity (Wildman–Crippen MR) is 55.5 cm³/mol. The first-order chi connectivity index (χ1) is 8.15. The van der Waals surface area contributed by atoms with Crippen LogP contribution in [-0.2, 0) is 5.79 Å². The number of imidazole rings is 1. The third-order valence-electron chi connectivity index (χ3n) is 2.35. The number of fused-ring (bicyclic) bond motifs is 1. The molecule has 2 rings (SSSR count). The average Bonchev–Trinajstić information content (AvgIpc) is 2.76. The normalized spacial score (nSPS) is 13.8. The molecular weight excluding hydrogens is 224 g/mol. The number of nitrogens with zero attached hydrogens (tertiary/aromatic N) is 5. The molecule has 1 N–H and O–H groups in total. The van der Waals surface area contributed by atoms with Crippen molar-refractivity contribution in [3.05, 3.63) is 40.7 Å². The molecule has 2 aromatic rings. The summed E-state index contributed by atoms with van der Waals surface area (Å²) in [6, 6.07) is 8.03. The molecule has 1 heterocycles. The minimum absolute atomic E-state index is 0.377. The number of benzene rings is 1. The van der Waals surface area contributed by atoms with Crippen LogP contribution in [0, 0.1) is 27.0 Å². The molecule has 0 bridgehead atoms. The van der Waals surface area contributed by atoms with Crippen molar-refractivity contribution < 1.29 is 4.92 Å². The lowest BCUT2D eigenvalue weighted by atomic mass is 10.3. The Kier molecular flexibility index (Phi) is 2.29. The summed E-state index contributed by atoms with van der Waals surface area (Å²) in [5.41, 5.74) is 7.78. The first-order valence-corrected chi connectivity index (χ1v) is 4.52. The van der Waals surface area contributed by atoms with Crippen molar-refractivity contribution in [2.24, 2.45) is 5.11 Å². The van der Waals surface area contributed by atoms with Crippen molar-refractivity contribution in [3.63, 3.8) is 0 Å². The van der Waals surface area contributed by atoms with Crippen LogP contribution in [0.25, 0.3) is 11.0 Å². The van der Waals surface area contributed by atoms with Crippen LogP contribution in [-0.4, -0.2) is 14.5 Å². The van der Waals surface area contributed by atoms with Crippen molar-refractivity contribution in [1.82, 2.24) is 9.55 Å². The number of hydrogen-bond donors (Lipinski definition) is 1. The Hall–Kier alpha value is -2.82. The van der Waals surface area contributed by atoms with Gasteiger partial charge in [0.1, 0.15) is 6.33 Å². The number of nitriles is 1. The Morgan fingerprint density at radius 3 is 2.88 bits per heavy atom. The highest BCUT2D eigenvalue weighted by Crippen LogP contribution is 2.24. The number of nitrogens with one attached hydrogen (secondary N) is 1. The fourth-order valence-electron chi connectivity index (χ4n) is 1.51. The standard InChI is InChI=1S/C9H6N6O2/c10-5-9(13-11,15(16)17)14-6-12-7-3-1-2-4-8(7)14/h1-4,6,11H. The summed E-state index contributed by atoms with van der Waals surface area (Å²) in [6.07, 6.45) is 1.13. The highest BCUT2D eigenvalue weighted by atomic mass is 16.6. The van der Waals surface area contributed by atoms with E-state index in [1.54, 1.807) is 24.3 Å². The maximum Gasteiger partial charge on any atom is 0.505 e. The van der Waals surface area contributed by atoms with Gasteiger partial charge in [-0.3, -0.25) is 10.1 Å². The molecule has 0 saturated heterocycles. The van der Waals surface area contributed by atoms with E-state index in [1.165, 1.54) is 6.07 Å². The van der Waals surface area contributed by atoms with E-state index >= 15 is 0 Å². The maximum absolute atomic E-state index is 10.9. The molecule has 0 amide bonds. The predicted octanol–water partition coefficient (Wildman–Crippen LogP) is 1.48. The second-order valence-corrected chi connectivity index (χ2v) is 3.22. The van der Waals surface area contributed by atoms with Gasteiger partial charge in [0.25, 0.3) is 0 Å². The largest absolute Gasteiger partial charge is 0.505 e. The van der Waals surface area contributed by atoms with Gasteiger partial charge in [0.05, 0.1) is 16.0 Å². The molecule has 0 aliphatic carbocycles. The molecule has 1 atom stereocenters. The van der Waals surface area contributed by atoms with Crippen LogP contribution in [0.1, 0.15) is 0 Å². The van der Waals surface area contributed by atoms with Crippen LogP contribution in [0.15, 0.2) is 35.7 Å². The van der Waals surface area contributed by atoms with Gasteiger partial charge >= 0.3 is 5.79 Å². The van der Waals surface area contributed by atoms with Crippen LogP contribution in [0.2, 0.25) is 0 Å². The van der Waals surface area contributed by atoms with E-state index in [0.29, 0.717) is 11.0 Å². The quantitative estimate of drug-likeness (QED) is 0.487. The van der Waals surface area contributed by atoms with Gasteiger partial charge in [-0.2, -0.15) is 5.26 Å². The molecule has 1 unspecified atom stereocenters. The van der Waals surface area contributed by atoms with Crippen molar-refractivity contribution in [2.45, 2.75) is 5.79 Å². The lowest BCUT2D eigenvalue weighted by molar-refractivity contribution is -0.581. The molecule has 1 aromatic heterocycles. The van der Waals surface area contributed by atoms with Crippen LogP contribution in [0.3, 0.4) is 0 Å². The lowest BCUT2D eigenvalue weighted by Gasteiger charge is -2.12. The van der Waals surface area contributed by atoms with Gasteiger partial charge in [0.2, 0.25) is 6.07 Å².